The molecule has 112 valence electrons. The van der Waals surface area contributed by atoms with Gasteiger partial charge in [-0.1, -0.05) is 0 Å². The van der Waals surface area contributed by atoms with Gasteiger partial charge in [0.05, 0.1) is 21.7 Å². The zero-order valence-corrected chi connectivity index (χ0v) is 12.5. The third-order valence-electron chi connectivity index (χ3n) is 2.99. The number of nitrogens with one attached hydrogen (secondary N) is 2. The Balaban J connectivity index is 2.93. The van der Waals surface area contributed by atoms with E-state index in [-0.39, 0.29) is 10.6 Å². The van der Waals surface area contributed by atoms with Gasteiger partial charge in [0.1, 0.15) is 0 Å². The molecular formula is C12H20N4O3S. The van der Waals surface area contributed by atoms with Crippen LogP contribution in [0.4, 0.5) is 11.4 Å². The zero-order valence-electron chi connectivity index (χ0n) is 11.7. The lowest BCUT2D eigenvalue weighted by Gasteiger charge is -2.22. The van der Waals surface area contributed by atoms with Crippen molar-refractivity contribution in [3.63, 3.8) is 0 Å². The van der Waals surface area contributed by atoms with Crippen LogP contribution in [0.1, 0.15) is 13.8 Å². The van der Waals surface area contributed by atoms with Crippen molar-refractivity contribution in [1.29, 1.82) is 0 Å². The van der Waals surface area contributed by atoms with Crippen LogP contribution in [0.15, 0.2) is 23.1 Å². The molecule has 0 unspecified atom stereocenters. The number of primary amides is 1. The highest BCUT2D eigenvalue weighted by Crippen LogP contribution is 2.24. The molecule has 0 fully saturated rings. The third kappa shape index (κ3) is 3.61. The molecule has 0 aliphatic carbocycles. The second-order valence-electron chi connectivity index (χ2n) is 5.06. The number of benzene rings is 1. The molecule has 1 aromatic rings. The summed E-state index contributed by atoms with van der Waals surface area (Å²) in [5, 5.41) is 2.99. The van der Waals surface area contributed by atoms with Gasteiger partial charge in [-0.3, -0.25) is 4.79 Å². The van der Waals surface area contributed by atoms with Gasteiger partial charge in [0.2, 0.25) is 15.9 Å². The molecule has 0 aromatic heterocycles. The third-order valence-corrected chi connectivity index (χ3v) is 4.40. The van der Waals surface area contributed by atoms with Crippen LogP contribution in [0.25, 0.3) is 0 Å². The van der Waals surface area contributed by atoms with Crippen LogP contribution in [-0.4, -0.2) is 27.9 Å². The van der Waals surface area contributed by atoms with Crippen molar-refractivity contribution in [2.45, 2.75) is 18.7 Å². The van der Waals surface area contributed by atoms with Crippen LogP contribution in [0.3, 0.4) is 0 Å². The van der Waals surface area contributed by atoms with E-state index in [2.05, 4.69) is 10.0 Å². The van der Waals surface area contributed by atoms with Gasteiger partial charge in [-0.25, -0.2) is 13.1 Å². The Morgan fingerprint density at radius 3 is 2.40 bits per heavy atom. The number of nitrogen functional groups attached to an aromatic ring is 1. The molecule has 8 heteroatoms. The van der Waals surface area contributed by atoms with E-state index in [1.807, 2.05) is 0 Å². The summed E-state index contributed by atoms with van der Waals surface area (Å²) in [5.41, 5.74) is 11.2. The number of carbonyl (C=O) groups is 1. The number of hydrogen-bond donors (Lipinski definition) is 4. The van der Waals surface area contributed by atoms with Crippen molar-refractivity contribution in [3.05, 3.63) is 18.2 Å². The number of anilines is 2. The first-order valence-electron chi connectivity index (χ1n) is 5.97. The number of nitrogens with two attached hydrogens (primary N) is 2. The van der Waals surface area contributed by atoms with Crippen molar-refractivity contribution < 1.29 is 13.2 Å². The first-order valence-corrected chi connectivity index (χ1v) is 7.45. The van der Waals surface area contributed by atoms with Gasteiger partial charge in [-0.05, 0) is 39.1 Å². The maximum Gasteiger partial charge on any atom is 0.240 e. The standard InChI is InChI=1S/C12H20N4O3S/c1-12(2,11(14)17)7-16-10-5-4-8(6-9(10)13)20(18,19)15-3/h4-6,15-16H,7,13H2,1-3H3,(H2,14,17). The summed E-state index contributed by atoms with van der Waals surface area (Å²) >= 11 is 0. The molecule has 0 heterocycles. The quantitative estimate of drug-likeness (QED) is 0.554. The van der Waals surface area contributed by atoms with E-state index in [4.69, 9.17) is 11.5 Å². The SMILES string of the molecule is CNS(=O)(=O)c1ccc(NCC(C)(C)C(N)=O)c(N)c1. The Morgan fingerprint density at radius 1 is 1.35 bits per heavy atom. The lowest BCUT2D eigenvalue weighted by atomic mass is 9.92. The Morgan fingerprint density at radius 2 is 1.95 bits per heavy atom. The summed E-state index contributed by atoms with van der Waals surface area (Å²) in [7, 11) is -2.20. The summed E-state index contributed by atoms with van der Waals surface area (Å²) in [6, 6.07) is 4.34. The molecule has 1 aromatic carbocycles. The zero-order chi connectivity index (χ0) is 15.6. The normalized spacial score (nSPS) is 12.2. The van der Waals surface area contributed by atoms with Crippen molar-refractivity contribution in [3.8, 4) is 0 Å². The molecule has 1 rings (SSSR count). The van der Waals surface area contributed by atoms with Gasteiger partial charge >= 0.3 is 0 Å². The van der Waals surface area contributed by atoms with Crippen molar-refractivity contribution in [1.82, 2.24) is 4.72 Å². The maximum absolute atomic E-state index is 11.6. The molecule has 0 aliphatic rings. The van der Waals surface area contributed by atoms with E-state index < -0.39 is 21.3 Å². The van der Waals surface area contributed by atoms with Crippen LogP contribution in [0, 0.1) is 5.41 Å². The minimum absolute atomic E-state index is 0.0808. The van der Waals surface area contributed by atoms with Gasteiger partial charge in [-0.2, -0.15) is 0 Å². The van der Waals surface area contributed by atoms with Crippen molar-refractivity contribution >= 4 is 27.3 Å². The second kappa shape index (κ2) is 5.68. The average Bonchev–Trinajstić information content (AvgIpc) is 2.37. The topological polar surface area (TPSA) is 127 Å². The Labute approximate surface area is 118 Å². The summed E-state index contributed by atoms with van der Waals surface area (Å²) in [5.74, 6) is -0.432. The summed E-state index contributed by atoms with van der Waals surface area (Å²) < 4.78 is 25.5. The summed E-state index contributed by atoms with van der Waals surface area (Å²) in [6.07, 6.45) is 0. The van der Waals surface area contributed by atoms with Crippen LogP contribution < -0.4 is 21.5 Å². The minimum Gasteiger partial charge on any atom is -0.397 e. The van der Waals surface area contributed by atoms with Crippen LogP contribution in [0.5, 0.6) is 0 Å². The smallest absolute Gasteiger partial charge is 0.240 e. The lowest BCUT2D eigenvalue weighted by molar-refractivity contribution is -0.125. The molecule has 0 spiro atoms. The number of hydrogen-bond acceptors (Lipinski definition) is 5. The van der Waals surface area contributed by atoms with E-state index in [1.165, 1.54) is 19.2 Å². The molecule has 0 bridgehead atoms. The second-order valence-corrected chi connectivity index (χ2v) is 6.94. The average molecular weight is 300 g/mol. The molecule has 0 radical (unpaired) electrons. The number of sulfonamides is 1. The first kappa shape index (κ1) is 16.3. The molecule has 0 saturated carbocycles. The highest BCUT2D eigenvalue weighted by atomic mass is 32.2. The van der Waals surface area contributed by atoms with Crippen LogP contribution >= 0.6 is 0 Å². The molecule has 0 saturated heterocycles. The van der Waals surface area contributed by atoms with Gasteiger partial charge < -0.3 is 16.8 Å². The fraction of sp³-hybridized carbons (Fsp3) is 0.417. The Kier molecular flexibility index (Phi) is 4.61. The number of carbonyl (C=O) groups excluding carboxylic acids is 1. The molecule has 20 heavy (non-hydrogen) atoms. The summed E-state index contributed by atoms with van der Waals surface area (Å²) in [4.78, 5) is 11.3. The fourth-order valence-electron chi connectivity index (χ4n) is 1.39. The first-order chi connectivity index (χ1) is 9.10. The molecule has 6 N–H and O–H groups in total. The van der Waals surface area contributed by atoms with Gasteiger partial charge in [0.25, 0.3) is 0 Å². The maximum atomic E-state index is 11.6. The minimum atomic E-state index is -3.53. The lowest BCUT2D eigenvalue weighted by Crippen LogP contribution is -2.37. The molecular weight excluding hydrogens is 280 g/mol. The van der Waals surface area contributed by atoms with E-state index in [9.17, 15) is 13.2 Å². The van der Waals surface area contributed by atoms with E-state index in [1.54, 1.807) is 19.9 Å². The van der Waals surface area contributed by atoms with Crippen LogP contribution in [0.2, 0.25) is 0 Å². The highest BCUT2D eigenvalue weighted by Gasteiger charge is 2.24. The Hall–Kier alpha value is -1.80. The molecule has 0 aliphatic heterocycles. The van der Waals surface area contributed by atoms with E-state index in [0.29, 0.717) is 12.2 Å². The van der Waals surface area contributed by atoms with Gasteiger partial charge in [-0.15, -0.1) is 0 Å². The number of rotatable bonds is 6. The van der Waals surface area contributed by atoms with E-state index in [0.717, 1.165) is 0 Å². The molecule has 1 amide bonds. The fourth-order valence-corrected chi connectivity index (χ4v) is 2.16. The number of amides is 1. The molecule has 7 nitrogen and oxygen atoms in total. The largest absolute Gasteiger partial charge is 0.397 e. The predicted molar refractivity (Wildman–Crippen MR) is 78.6 cm³/mol. The van der Waals surface area contributed by atoms with Crippen LogP contribution in [-0.2, 0) is 14.8 Å². The van der Waals surface area contributed by atoms with Crippen molar-refractivity contribution in [2.75, 3.05) is 24.6 Å². The summed E-state index contributed by atoms with van der Waals surface area (Å²) in [6.45, 7) is 3.71. The van der Waals surface area contributed by atoms with Gasteiger partial charge in [0.15, 0.2) is 0 Å². The Bertz CT molecular complexity index is 611. The molecule has 0 atom stereocenters. The monoisotopic (exact) mass is 300 g/mol. The van der Waals surface area contributed by atoms with Crippen molar-refractivity contribution in [2.24, 2.45) is 11.1 Å². The predicted octanol–water partition coefficient (Wildman–Crippen LogP) is 0.100. The highest BCUT2D eigenvalue weighted by molar-refractivity contribution is 7.89. The van der Waals surface area contributed by atoms with E-state index >= 15 is 0 Å². The van der Waals surface area contributed by atoms with Gasteiger partial charge in [0, 0.05) is 6.54 Å².